The number of carbonyl (C=O) groups is 2. The first kappa shape index (κ1) is 14.5. The number of amides is 1. The smallest absolute Gasteiger partial charge is 0.306 e. The molecule has 3 rings (SSSR count). The van der Waals surface area contributed by atoms with Gasteiger partial charge in [0.05, 0.1) is 19.1 Å². The number of benzene rings is 2. The van der Waals surface area contributed by atoms with Gasteiger partial charge in [0.2, 0.25) is 0 Å². The Morgan fingerprint density at radius 2 is 1.95 bits per heavy atom. The van der Waals surface area contributed by atoms with E-state index in [0.29, 0.717) is 25.3 Å². The highest BCUT2D eigenvalue weighted by atomic mass is 16.5. The number of morpholine rings is 1. The number of carboxylic acid groups (broad SMARTS) is 1. The highest BCUT2D eigenvalue weighted by Crippen LogP contribution is 2.18. The zero-order valence-electron chi connectivity index (χ0n) is 12.1. The van der Waals surface area contributed by atoms with Crippen LogP contribution in [0.2, 0.25) is 0 Å². The molecular formula is C17H17NO4. The summed E-state index contributed by atoms with van der Waals surface area (Å²) in [5.41, 5.74) is 0.620. The number of ether oxygens (including phenoxy) is 1. The maximum absolute atomic E-state index is 12.6. The molecule has 0 saturated carbocycles. The van der Waals surface area contributed by atoms with Crippen LogP contribution in [0.5, 0.6) is 0 Å². The number of rotatable bonds is 3. The quantitative estimate of drug-likeness (QED) is 0.943. The van der Waals surface area contributed by atoms with Gasteiger partial charge in [-0.1, -0.05) is 30.3 Å². The molecule has 0 unspecified atom stereocenters. The molecular weight excluding hydrogens is 282 g/mol. The monoisotopic (exact) mass is 299 g/mol. The van der Waals surface area contributed by atoms with Gasteiger partial charge in [-0.15, -0.1) is 0 Å². The van der Waals surface area contributed by atoms with E-state index >= 15 is 0 Å². The van der Waals surface area contributed by atoms with Crippen molar-refractivity contribution in [3.63, 3.8) is 0 Å². The first-order chi connectivity index (χ1) is 10.6. The lowest BCUT2D eigenvalue weighted by Crippen LogP contribution is -2.46. The van der Waals surface area contributed by atoms with Gasteiger partial charge < -0.3 is 14.7 Å². The molecule has 1 saturated heterocycles. The van der Waals surface area contributed by atoms with Crippen molar-refractivity contribution in [3.05, 3.63) is 48.0 Å². The average Bonchev–Trinajstić information content (AvgIpc) is 2.53. The predicted molar refractivity (Wildman–Crippen MR) is 81.8 cm³/mol. The number of hydrogen-bond donors (Lipinski definition) is 1. The first-order valence-corrected chi connectivity index (χ1v) is 7.25. The Balaban J connectivity index is 1.78. The molecule has 22 heavy (non-hydrogen) atoms. The predicted octanol–water partition coefficient (Wildman–Crippen LogP) is 2.16. The molecule has 2 aromatic carbocycles. The minimum absolute atomic E-state index is 0.0792. The van der Waals surface area contributed by atoms with Crippen molar-refractivity contribution >= 4 is 22.6 Å². The fourth-order valence-electron chi connectivity index (χ4n) is 2.73. The largest absolute Gasteiger partial charge is 0.481 e. The number of aliphatic carboxylic acids is 1. The SMILES string of the molecule is O=C(O)C[C@H]1CN(C(=O)c2ccc3ccccc3c2)CCO1. The lowest BCUT2D eigenvalue weighted by molar-refractivity contribution is -0.141. The van der Waals surface area contributed by atoms with Crippen molar-refractivity contribution in [2.75, 3.05) is 19.7 Å². The fraction of sp³-hybridized carbons (Fsp3) is 0.294. The van der Waals surface area contributed by atoms with E-state index in [1.165, 1.54) is 0 Å². The number of hydrogen-bond acceptors (Lipinski definition) is 3. The van der Waals surface area contributed by atoms with Gasteiger partial charge in [-0.05, 0) is 22.9 Å². The van der Waals surface area contributed by atoms with E-state index in [4.69, 9.17) is 9.84 Å². The number of fused-ring (bicyclic) bond motifs is 1. The molecule has 5 nitrogen and oxygen atoms in total. The van der Waals surface area contributed by atoms with Crippen molar-refractivity contribution < 1.29 is 19.4 Å². The molecule has 1 aliphatic heterocycles. The topological polar surface area (TPSA) is 66.8 Å². The molecule has 1 N–H and O–H groups in total. The van der Waals surface area contributed by atoms with Gasteiger partial charge in [0.1, 0.15) is 0 Å². The molecule has 2 aromatic rings. The molecule has 1 fully saturated rings. The van der Waals surface area contributed by atoms with Gasteiger partial charge in [0, 0.05) is 18.7 Å². The van der Waals surface area contributed by atoms with Gasteiger partial charge in [0.15, 0.2) is 0 Å². The summed E-state index contributed by atoms with van der Waals surface area (Å²) < 4.78 is 5.40. The van der Waals surface area contributed by atoms with Crippen molar-refractivity contribution in [1.82, 2.24) is 4.90 Å². The third-order valence-electron chi connectivity index (χ3n) is 3.82. The summed E-state index contributed by atoms with van der Waals surface area (Å²) in [6, 6.07) is 13.5. The van der Waals surface area contributed by atoms with E-state index in [1.54, 1.807) is 4.90 Å². The summed E-state index contributed by atoms with van der Waals surface area (Å²) in [4.78, 5) is 25.0. The summed E-state index contributed by atoms with van der Waals surface area (Å²) in [5, 5.41) is 10.9. The summed E-state index contributed by atoms with van der Waals surface area (Å²) in [6.45, 7) is 1.18. The Bertz CT molecular complexity index is 713. The lowest BCUT2D eigenvalue weighted by Gasteiger charge is -2.32. The normalized spacial score (nSPS) is 18.4. The van der Waals surface area contributed by atoms with Gasteiger partial charge >= 0.3 is 5.97 Å². The third kappa shape index (κ3) is 3.09. The second-order valence-corrected chi connectivity index (χ2v) is 5.40. The summed E-state index contributed by atoms with van der Waals surface area (Å²) in [5.74, 6) is -0.991. The van der Waals surface area contributed by atoms with Crippen LogP contribution in [0.4, 0.5) is 0 Å². The number of carbonyl (C=O) groups excluding carboxylic acids is 1. The Hall–Kier alpha value is -2.40. The molecule has 0 radical (unpaired) electrons. The van der Waals surface area contributed by atoms with Crippen LogP contribution >= 0.6 is 0 Å². The van der Waals surface area contributed by atoms with E-state index in [9.17, 15) is 9.59 Å². The Morgan fingerprint density at radius 1 is 1.18 bits per heavy atom. The van der Waals surface area contributed by atoms with Crippen LogP contribution < -0.4 is 0 Å². The number of nitrogens with zero attached hydrogens (tertiary/aromatic N) is 1. The van der Waals surface area contributed by atoms with Gasteiger partial charge in [-0.25, -0.2) is 0 Å². The highest BCUT2D eigenvalue weighted by molar-refractivity contribution is 5.98. The van der Waals surface area contributed by atoms with Gasteiger partial charge in [-0.3, -0.25) is 9.59 Å². The van der Waals surface area contributed by atoms with Crippen molar-refractivity contribution in [2.45, 2.75) is 12.5 Å². The lowest BCUT2D eigenvalue weighted by atomic mass is 10.1. The zero-order valence-corrected chi connectivity index (χ0v) is 12.1. The van der Waals surface area contributed by atoms with Gasteiger partial charge in [-0.2, -0.15) is 0 Å². The summed E-state index contributed by atoms with van der Waals surface area (Å²) in [7, 11) is 0. The summed E-state index contributed by atoms with van der Waals surface area (Å²) in [6.07, 6.45) is -0.516. The molecule has 0 bridgehead atoms. The third-order valence-corrected chi connectivity index (χ3v) is 3.82. The van der Waals surface area contributed by atoms with Crippen molar-refractivity contribution in [3.8, 4) is 0 Å². The van der Waals surface area contributed by atoms with Crippen LogP contribution in [-0.2, 0) is 9.53 Å². The fourth-order valence-corrected chi connectivity index (χ4v) is 2.73. The molecule has 114 valence electrons. The Kier molecular flexibility index (Phi) is 4.06. The first-order valence-electron chi connectivity index (χ1n) is 7.25. The van der Waals surface area contributed by atoms with Crippen LogP contribution in [0.1, 0.15) is 16.8 Å². The molecule has 1 atom stereocenters. The Labute approximate surface area is 128 Å². The molecule has 5 heteroatoms. The van der Waals surface area contributed by atoms with E-state index in [-0.39, 0.29) is 12.3 Å². The highest BCUT2D eigenvalue weighted by Gasteiger charge is 2.26. The van der Waals surface area contributed by atoms with Crippen LogP contribution in [-0.4, -0.2) is 47.7 Å². The van der Waals surface area contributed by atoms with Crippen LogP contribution in [0, 0.1) is 0 Å². The van der Waals surface area contributed by atoms with Gasteiger partial charge in [0.25, 0.3) is 5.91 Å². The van der Waals surface area contributed by atoms with Crippen molar-refractivity contribution in [2.24, 2.45) is 0 Å². The molecule has 0 aliphatic carbocycles. The maximum atomic E-state index is 12.6. The van der Waals surface area contributed by atoms with Crippen molar-refractivity contribution in [1.29, 1.82) is 0 Å². The second kappa shape index (κ2) is 6.15. The minimum Gasteiger partial charge on any atom is -0.481 e. The molecule has 1 aliphatic rings. The van der Waals surface area contributed by atoms with E-state index in [1.807, 2.05) is 42.5 Å². The Morgan fingerprint density at radius 3 is 2.73 bits per heavy atom. The minimum atomic E-state index is -0.912. The van der Waals surface area contributed by atoms with E-state index < -0.39 is 12.1 Å². The zero-order chi connectivity index (χ0) is 15.5. The average molecular weight is 299 g/mol. The maximum Gasteiger partial charge on any atom is 0.306 e. The molecule has 1 heterocycles. The molecule has 0 spiro atoms. The second-order valence-electron chi connectivity index (χ2n) is 5.40. The number of carboxylic acids is 1. The van der Waals surface area contributed by atoms with Crippen LogP contribution in [0.15, 0.2) is 42.5 Å². The molecule has 0 aromatic heterocycles. The van der Waals surface area contributed by atoms with Crippen LogP contribution in [0.3, 0.4) is 0 Å². The molecule has 1 amide bonds. The summed E-state index contributed by atoms with van der Waals surface area (Å²) >= 11 is 0. The van der Waals surface area contributed by atoms with Crippen LogP contribution in [0.25, 0.3) is 10.8 Å². The standard InChI is InChI=1S/C17H17NO4/c19-16(20)10-15-11-18(7-8-22-15)17(21)14-6-5-12-3-1-2-4-13(12)9-14/h1-6,9,15H,7-8,10-11H2,(H,19,20)/t15-/m0/s1. The van der Waals surface area contributed by atoms with E-state index in [0.717, 1.165) is 10.8 Å². The van der Waals surface area contributed by atoms with E-state index in [2.05, 4.69) is 0 Å².